The standard InChI is InChI=1S/C27H33F3N6O2/c1-18(2)33-26(37)35(3)24-17-31-22-9-8-19(15-23(22)34-24)20-14-21(27(28,29)30)25(32-16-20)38-13-7-12-36-10-5-4-6-11-36/h8-9,14-18H,4-7,10-13H2,1-3H3,(H,33,37). The maximum absolute atomic E-state index is 13.9. The van der Waals surface area contributed by atoms with Crippen molar-refractivity contribution >= 4 is 22.9 Å². The molecule has 0 bridgehead atoms. The average Bonchev–Trinajstić information content (AvgIpc) is 2.89. The normalized spacial score (nSPS) is 14.6. The number of pyridine rings is 1. The Hall–Kier alpha value is -3.47. The molecule has 0 spiro atoms. The number of nitrogens with one attached hydrogen (secondary N) is 1. The van der Waals surface area contributed by atoms with Gasteiger partial charge >= 0.3 is 12.2 Å². The van der Waals surface area contributed by atoms with Crippen LogP contribution in [-0.4, -0.2) is 65.2 Å². The van der Waals surface area contributed by atoms with Crippen LogP contribution >= 0.6 is 0 Å². The summed E-state index contributed by atoms with van der Waals surface area (Å²) in [5.74, 6) is -0.101. The molecule has 3 heterocycles. The molecule has 0 saturated carbocycles. The van der Waals surface area contributed by atoms with E-state index in [2.05, 4.69) is 25.2 Å². The molecule has 1 N–H and O–H groups in total. The molecule has 0 unspecified atom stereocenters. The highest BCUT2D eigenvalue weighted by Gasteiger charge is 2.36. The summed E-state index contributed by atoms with van der Waals surface area (Å²) < 4.78 is 47.2. The number of urea groups is 1. The smallest absolute Gasteiger partial charge is 0.421 e. The summed E-state index contributed by atoms with van der Waals surface area (Å²) >= 11 is 0. The maximum atomic E-state index is 13.9. The quantitative estimate of drug-likeness (QED) is 0.386. The largest absolute Gasteiger partial charge is 0.477 e. The molecule has 0 radical (unpaired) electrons. The van der Waals surface area contributed by atoms with Crippen molar-refractivity contribution < 1.29 is 22.7 Å². The number of ether oxygens (including phenoxy) is 1. The minimum absolute atomic E-state index is 0.0538. The fourth-order valence-electron chi connectivity index (χ4n) is 4.36. The molecule has 0 aliphatic carbocycles. The molecule has 204 valence electrons. The van der Waals surface area contributed by atoms with Crippen LogP contribution in [0.25, 0.3) is 22.2 Å². The van der Waals surface area contributed by atoms with Gasteiger partial charge in [-0.15, -0.1) is 0 Å². The predicted molar refractivity (Wildman–Crippen MR) is 140 cm³/mol. The summed E-state index contributed by atoms with van der Waals surface area (Å²) in [5, 5.41) is 2.78. The summed E-state index contributed by atoms with van der Waals surface area (Å²) in [6.45, 7) is 6.71. The van der Waals surface area contributed by atoms with Crippen molar-refractivity contribution in [2.24, 2.45) is 0 Å². The number of halogens is 3. The van der Waals surface area contributed by atoms with Gasteiger partial charge in [-0.25, -0.2) is 14.8 Å². The van der Waals surface area contributed by atoms with Gasteiger partial charge in [0.1, 0.15) is 5.56 Å². The zero-order valence-corrected chi connectivity index (χ0v) is 21.9. The van der Waals surface area contributed by atoms with E-state index in [1.54, 1.807) is 25.2 Å². The Morgan fingerprint density at radius 1 is 1.08 bits per heavy atom. The van der Waals surface area contributed by atoms with Crippen LogP contribution in [0, 0.1) is 0 Å². The number of carbonyl (C=O) groups excluding carboxylic acids is 1. The van der Waals surface area contributed by atoms with Crippen LogP contribution in [0.3, 0.4) is 0 Å². The second-order valence-electron chi connectivity index (χ2n) is 9.77. The summed E-state index contributed by atoms with van der Waals surface area (Å²) in [7, 11) is 1.57. The highest BCUT2D eigenvalue weighted by Crippen LogP contribution is 2.37. The molecule has 8 nitrogen and oxygen atoms in total. The Kier molecular flexibility index (Phi) is 8.65. The first-order chi connectivity index (χ1) is 18.1. The van der Waals surface area contributed by atoms with E-state index in [1.165, 1.54) is 23.7 Å². The van der Waals surface area contributed by atoms with Crippen LogP contribution in [0.1, 0.15) is 45.1 Å². The fourth-order valence-corrected chi connectivity index (χ4v) is 4.36. The van der Waals surface area contributed by atoms with E-state index in [0.717, 1.165) is 38.5 Å². The van der Waals surface area contributed by atoms with Crippen molar-refractivity contribution in [3.8, 4) is 17.0 Å². The second kappa shape index (κ2) is 11.9. The average molecular weight is 531 g/mol. The molecule has 1 aliphatic rings. The van der Waals surface area contributed by atoms with E-state index >= 15 is 0 Å². The van der Waals surface area contributed by atoms with Gasteiger partial charge in [-0.1, -0.05) is 12.5 Å². The van der Waals surface area contributed by atoms with Crippen molar-refractivity contribution in [1.82, 2.24) is 25.2 Å². The first-order valence-electron chi connectivity index (χ1n) is 12.9. The third-order valence-electron chi connectivity index (χ3n) is 6.39. The first-order valence-corrected chi connectivity index (χ1v) is 12.9. The van der Waals surface area contributed by atoms with Crippen LogP contribution < -0.4 is 15.0 Å². The van der Waals surface area contributed by atoms with Gasteiger partial charge in [-0.2, -0.15) is 13.2 Å². The molecule has 1 fully saturated rings. The molecule has 11 heteroatoms. The number of hydrogen-bond donors (Lipinski definition) is 1. The zero-order valence-electron chi connectivity index (χ0n) is 21.9. The molecule has 38 heavy (non-hydrogen) atoms. The Balaban J connectivity index is 1.53. The number of likely N-dealkylation sites (tertiary alicyclic amines) is 1. The van der Waals surface area contributed by atoms with Crippen LogP contribution in [-0.2, 0) is 6.18 Å². The summed E-state index contributed by atoms with van der Waals surface area (Å²) in [6, 6.07) is 5.64. The Morgan fingerprint density at radius 2 is 1.84 bits per heavy atom. The van der Waals surface area contributed by atoms with Gasteiger partial charge in [0.25, 0.3) is 0 Å². The van der Waals surface area contributed by atoms with Gasteiger partial charge in [0.05, 0.1) is 23.8 Å². The number of amides is 2. The lowest BCUT2D eigenvalue weighted by Crippen LogP contribution is -2.41. The van der Waals surface area contributed by atoms with Crippen molar-refractivity contribution in [2.75, 3.05) is 38.2 Å². The minimum atomic E-state index is -4.62. The SMILES string of the molecule is CC(C)NC(=O)N(C)c1cnc2ccc(-c3cnc(OCCCN4CCCCC4)c(C(F)(F)F)c3)cc2n1. The predicted octanol–water partition coefficient (Wildman–Crippen LogP) is 5.52. The highest BCUT2D eigenvalue weighted by molar-refractivity contribution is 5.92. The van der Waals surface area contributed by atoms with Crippen molar-refractivity contribution in [2.45, 2.75) is 51.7 Å². The minimum Gasteiger partial charge on any atom is -0.477 e. The maximum Gasteiger partial charge on any atom is 0.421 e. The van der Waals surface area contributed by atoms with E-state index in [-0.39, 0.29) is 24.2 Å². The van der Waals surface area contributed by atoms with Gasteiger partial charge in [0.2, 0.25) is 5.88 Å². The Bertz CT molecular complexity index is 1260. The third-order valence-corrected chi connectivity index (χ3v) is 6.39. The number of benzene rings is 1. The number of aromatic nitrogens is 3. The van der Waals surface area contributed by atoms with E-state index in [0.29, 0.717) is 28.8 Å². The van der Waals surface area contributed by atoms with E-state index in [4.69, 9.17) is 4.74 Å². The first kappa shape index (κ1) is 27.6. The molecule has 4 rings (SSSR count). The Morgan fingerprint density at radius 3 is 2.55 bits per heavy atom. The third kappa shape index (κ3) is 6.89. The van der Waals surface area contributed by atoms with Crippen LogP contribution in [0.4, 0.5) is 23.8 Å². The second-order valence-corrected chi connectivity index (χ2v) is 9.77. The van der Waals surface area contributed by atoms with Crippen molar-refractivity contribution in [3.63, 3.8) is 0 Å². The van der Waals surface area contributed by atoms with E-state index < -0.39 is 17.6 Å². The summed E-state index contributed by atoms with van der Waals surface area (Å²) in [4.78, 5) is 28.9. The monoisotopic (exact) mass is 530 g/mol. The lowest BCUT2D eigenvalue weighted by molar-refractivity contribution is -0.139. The van der Waals surface area contributed by atoms with E-state index in [9.17, 15) is 18.0 Å². The molecule has 3 aromatic rings. The zero-order chi connectivity index (χ0) is 27.3. The number of piperidine rings is 1. The fraction of sp³-hybridized carbons (Fsp3) is 0.481. The number of alkyl halides is 3. The van der Waals surface area contributed by atoms with Crippen LogP contribution in [0.15, 0.2) is 36.7 Å². The van der Waals surface area contributed by atoms with Crippen molar-refractivity contribution in [3.05, 3.63) is 42.2 Å². The molecule has 2 aromatic heterocycles. The Labute approximate surface area is 220 Å². The number of rotatable bonds is 8. The molecule has 0 atom stereocenters. The molecule has 1 aromatic carbocycles. The molecular weight excluding hydrogens is 497 g/mol. The van der Waals surface area contributed by atoms with Gasteiger partial charge in [-0.05, 0) is 70.0 Å². The van der Waals surface area contributed by atoms with Gasteiger partial charge in [0, 0.05) is 31.4 Å². The van der Waals surface area contributed by atoms with Crippen LogP contribution in [0.2, 0.25) is 0 Å². The lowest BCUT2D eigenvalue weighted by Gasteiger charge is -2.26. The lowest BCUT2D eigenvalue weighted by atomic mass is 10.0. The molecule has 2 amide bonds. The summed E-state index contributed by atoms with van der Waals surface area (Å²) in [6.07, 6.45) is 2.41. The molecular formula is C27H33F3N6O2. The molecule has 1 saturated heterocycles. The number of hydrogen-bond acceptors (Lipinski definition) is 6. The number of anilines is 1. The topological polar surface area (TPSA) is 83.5 Å². The van der Waals surface area contributed by atoms with Crippen molar-refractivity contribution in [1.29, 1.82) is 0 Å². The van der Waals surface area contributed by atoms with Gasteiger partial charge < -0.3 is 15.0 Å². The van der Waals surface area contributed by atoms with Gasteiger partial charge in [-0.3, -0.25) is 9.88 Å². The molecule has 1 aliphatic heterocycles. The van der Waals surface area contributed by atoms with Crippen LogP contribution in [0.5, 0.6) is 5.88 Å². The van der Waals surface area contributed by atoms with E-state index in [1.807, 2.05) is 13.8 Å². The highest BCUT2D eigenvalue weighted by atomic mass is 19.4. The number of nitrogens with zero attached hydrogens (tertiary/aromatic N) is 5. The number of carbonyl (C=O) groups is 1. The summed E-state index contributed by atoms with van der Waals surface area (Å²) in [5.41, 5.74) is 0.840. The number of fused-ring (bicyclic) bond motifs is 1. The van der Waals surface area contributed by atoms with Gasteiger partial charge in [0.15, 0.2) is 5.82 Å².